The van der Waals surface area contributed by atoms with Crippen LogP contribution in [-0.4, -0.2) is 66.2 Å². The molecule has 2 aromatic rings. The SMILES string of the molecule is O=C(NCCNc1ccc([N+](=O)[O-])cc1)c1cc(S(=O)(=O)N2CCSCC2)c[nH]1. The number of thioether (sulfide) groups is 1. The fourth-order valence-corrected chi connectivity index (χ4v) is 5.34. The van der Waals surface area contributed by atoms with Crippen molar-refractivity contribution < 1.29 is 18.1 Å². The molecule has 1 aromatic carbocycles. The Hall–Kier alpha value is -2.57. The largest absolute Gasteiger partial charge is 0.383 e. The molecule has 0 atom stereocenters. The number of aromatic nitrogens is 1. The van der Waals surface area contributed by atoms with Crippen LogP contribution >= 0.6 is 11.8 Å². The number of nitro groups is 1. The summed E-state index contributed by atoms with van der Waals surface area (Å²) in [7, 11) is -3.60. The van der Waals surface area contributed by atoms with E-state index in [0.29, 0.717) is 31.9 Å². The number of hydrogen-bond acceptors (Lipinski definition) is 7. The van der Waals surface area contributed by atoms with Gasteiger partial charge in [0.25, 0.3) is 11.6 Å². The Morgan fingerprint density at radius 2 is 1.90 bits per heavy atom. The zero-order chi connectivity index (χ0) is 20.9. The van der Waals surface area contributed by atoms with Gasteiger partial charge in [-0.25, -0.2) is 8.42 Å². The minimum atomic E-state index is -3.60. The lowest BCUT2D eigenvalue weighted by Crippen LogP contribution is -2.37. The van der Waals surface area contributed by atoms with Crippen LogP contribution in [0.5, 0.6) is 0 Å². The van der Waals surface area contributed by atoms with Crippen LogP contribution in [0.25, 0.3) is 0 Å². The van der Waals surface area contributed by atoms with Crippen LogP contribution in [0.2, 0.25) is 0 Å². The van der Waals surface area contributed by atoms with Crippen molar-refractivity contribution >= 4 is 39.1 Å². The van der Waals surface area contributed by atoms with E-state index in [4.69, 9.17) is 0 Å². The average Bonchev–Trinajstić information content (AvgIpc) is 3.23. The number of rotatable bonds is 8. The molecule has 29 heavy (non-hydrogen) atoms. The second-order valence-electron chi connectivity index (χ2n) is 6.25. The normalized spacial score (nSPS) is 15.0. The van der Waals surface area contributed by atoms with E-state index >= 15 is 0 Å². The van der Waals surface area contributed by atoms with Gasteiger partial charge in [-0.2, -0.15) is 16.1 Å². The first kappa shape index (κ1) is 21.1. The van der Waals surface area contributed by atoms with Gasteiger partial charge in [-0.05, 0) is 18.2 Å². The molecule has 10 nitrogen and oxygen atoms in total. The fraction of sp³-hybridized carbons (Fsp3) is 0.353. The van der Waals surface area contributed by atoms with Gasteiger partial charge < -0.3 is 15.6 Å². The van der Waals surface area contributed by atoms with Crippen molar-refractivity contribution in [2.75, 3.05) is 43.0 Å². The minimum absolute atomic E-state index is 0.00432. The molecule has 2 heterocycles. The molecular weight excluding hydrogens is 418 g/mol. The number of H-pyrrole nitrogens is 1. The van der Waals surface area contributed by atoms with E-state index in [1.165, 1.54) is 28.7 Å². The monoisotopic (exact) mass is 439 g/mol. The first-order valence-electron chi connectivity index (χ1n) is 8.91. The molecule has 1 fully saturated rings. The van der Waals surface area contributed by atoms with Crippen LogP contribution in [0, 0.1) is 10.1 Å². The van der Waals surface area contributed by atoms with Crippen LogP contribution in [-0.2, 0) is 10.0 Å². The van der Waals surface area contributed by atoms with Gasteiger partial charge >= 0.3 is 0 Å². The summed E-state index contributed by atoms with van der Waals surface area (Å²) in [6.07, 6.45) is 1.33. The molecule has 12 heteroatoms. The molecule has 1 amide bonds. The molecule has 3 N–H and O–H groups in total. The number of hydrogen-bond donors (Lipinski definition) is 3. The number of benzene rings is 1. The molecule has 3 rings (SSSR count). The van der Waals surface area contributed by atoms with Crippen LogP contribution in [0.15, 0.2) is 41.4 Å². The molecule has 1 saturated heterocycles. The molecule has 1 aromatic heterocycles. The number of nitrogens with zero attached hydrogens (tertiary/aromatic N) is 2. The number of sulfonamides is 1. The zero-order valence-corrected chi connectivity index (χ0v) is 17.1. The van der Waals surface area contributed by atoms with Crippen molar-refractivity contribution in [1.82, 2.24) is 14.6 Å². The summed E-state index contributed by atoms with van der Waals surface area (Å²) in [5.41, 5.74) is 0.868. The predicted molar refractivity (Wildman–Crippen MR) is 111 cm³/mol. The summed E-state index contributed by atoms with van der Waals surface area (Å²) < 4.78 is 26.7. The van der Waals surface area contributed by atoms with Gasteiger partial charge in [0.05, 0.1) is 4.92 Å². The summed E-state index contributed by atoms with van der Waals surface area (Å²) in [6.45, 7) is 1.63. The Bertz CT molecular complexity index is 968. The zero-order valence-electron chi connectivity index (χ0n) is 15.5. The van der Waals surface area contributed by atoms with Gasteiger partial charge in [-0.15, -0.1) is 0 Å². The van der Waals surface area contributed by atoms with E-state index < -0.39 is 20.9 Å². The summed E-state index contributed by atoms with van der Waals surface area (Å²) in [5, 5.41) is 16.4. The summed E-state index contributed by atoms with van der Waals surface area (Å²) in [5.74, 6) is 1.11. The Balaban J connectivity index is 1.49. The fourth-order valence-electron chi connectivity index (χ4n) is 2.77. The molecule has 156 valence electrons. The maximum Gasteiger partial charge on any atom is 0.269 e. The Morgan fingerprint density at radius 1 is 1.21 bits per heavy atom. The molecule has 0 unspecified atom stereocenters. The lowest BCUT2D eigenvalue weighted by atomic mass is 10.3. The Labute approximate surface area is 172 Å². The second-order valence-corrected chi connectivity index (χ2v) is 9.41. The van der Waals surface area contributed by atoms with E-state index in [1.54, 1.807) is 23.9 Å². The molecule has 1 aliphatic heterocycles. The molecule has 1 aliphatic rings. The number of nitrogens with one attached hydrogen (secondary N) is 3. The molecular formula is C17H21N5O5S2. The summed E-state index contributed by atoms with van der Waals surface area (Å²) in [4.78, 5) is 25.2. The smallest absolute Gasteiger partial charge is 0.269 e. The van der Waals surface area contributed by atoms with E-state index in [2.05, 4.69) is 15.6 Å². The van der Waals surface area contributed by atoms with Crippen LogP contribution in [0.4, 0.5) is 11.4 Å². The first-order chi connectivity index (χ1) is 13.9. The van der Waals surface area contributed by atoms with Crippen molar-refractivity contribution in [1.29, 1.82) is 0 Å². The van der Waals surface area contributed by atoms with Crippen molar-refractivity contribution in [2.45, 2.75) is 4.90 Å². The number of aromatic amines is 1. The number of anilines is 1. The topological polar surface area (TPSA) is 137 Å². The second kappa shape index (κ2) is 9.29. The molecule has 0 bridgehead atoms. The van der Waals surface area contributed by atoms with Gasteiger partial charge in [0.2, 0.25) is 10.0 Å². The van der Waals surface area contributed by atoms with Gasteiger partial charge in [-0.1, -0.05) is 0 Å². The quantitative estimate of drug-likeness (QED) is 0.322. The minimum Gasteiger partial charge on any atom is -0.383 e. The Kier molecular flexibility index (Phi) is 6.77. The third kappa shape index (κ3) is 5.28. The van der Waals surface area contributed by atoms with E-state index in [0.717, 1.165) is 11.5 Å². The number of carbonyl (C=O) groups excluding carboxylic acids is 1. The van der Waals surface area contributed by atoms with Crippen molar-refractivity contribution in [2.24, 2.45) is 0 Å². The Morgan fingerprint density at radius 3 is 2.55 bits per heavy atom. The first-order valence-corrected chi connectivity index (χ1v) is 11.5. The lowest BCUT2D eigenvalue weighted by molar-refractivity contribution is -0.384. The third-order valence-corrected chi connectivity index (χ3v) is 7.15. The highest BCUT2D eigenvalue weighted by Crippen LogP contribution is 2.21. The van der Waals surface area contributed by atoms with Crippen LogP contribution in [0.1, 0.15) is 10.5 Å². The highest BCUT2D eigenvalue weighted by Gasteiger charge is 2.27. The van der Waals surface area contributed by atoms with Crippen molar-refractivity contribution in [3.63, 3.8) is 0 Å². The van der Waals surface area contributed by atoms with Gasteiger partial charge in [0.15, 0.2) is 0 Å². The van der Waals surface area contributed by atoms with E-state index in [-0.39, 0.29) is 16.3 Å². The van der Waals surface area contributed by atoms with Gasteiger partial charge in [-0.3, -0.25) is 14.9 Å². The number of non-ortho nitro benzene ring substituents is 1. The third-order valence-electron chi connectivity index (χ3n) is 4.33. The summed E-state index contributed by atoms with van der Waals surface area (Å²) in [6, 6.07) is 7.30. The number of carbonyl (C=O) groups is 1. The lowest BCUT2D eigenvalue weighted by Gasteiger charge is -2.24. The number of amides is 1. The van der Waals surface area contributed by atoms with Crippen LogP contribution < -0.4 is 10.6 Å². The molecule has 0 aliphatic carbocycles. The molecule has 0 spiro atoms. The van der Waals surface area contributed by atoms with E-state index in [9.17, 15) is 23.3 Å². The molecule has 0 saturated carbocycles. The van der Waals surface area contributed by atoms with Crippen LogP contribution in [0.3, 0.4) is 0 Å². The number of nitro benzene ring substituents is 1. The highest BCUT2D eigenvalue weighted by atomic mass is 32.2. The average molecular weight is 440 g/mol. The maximum absolute atomic E-state index is 12.6. The van der Waals surface area contributed by atoms with E-state index in [1.807, 2.05) is 0 Å². The van der Waals surface area contributed by atoms with Gasteiger partial charge in [0, 0.05) is 61.7 Å². The molecule has 0 radical (unpaired) electrons. The van der Waals surface area contributed by atoms with Gasteiger partial charge in [0.1, 0.15) is 10.6 Å². The maximum atomic E-state index is 12.6. The highest BCUT2D eigenvalue weighted by molar-refractivity contribution is 7.99. The van der Waals surface area contributed by atoms with Crippen molar-refractivity contribution in [3.8, 4) is 0 Å². The summed E-state index contributed by atoms with van der Waals surface area (Å²) >= 11 is 1.72. The van der Waals surface area contributed by atoms with Crippen molar-refractivity contribution in [3.05, 3.63) is 52.3 Å². The predicted octanol–water partition coefficient (Wildman–Crippen LogP) is 1.50. The standard InChI is InChI=1S/C17H21N5O5S2/c23-17(19-6-5-18-13-1-3-14(4-2-13)22(24)25)16-11-15(12-20-16)29(26,27)21-7-9-28-10-8-21/h1-4,11-12,18,20H,5-10H2,(H,19,23).